The second kappa shape index (κ2) is 7.45. The fourth-order valence-corrected chi connectivity index (χ4v) is 4.12. The number of rotatable bonds is 4. The van der Waals surface area contributed by atoms with E-state index in [-0.39, 0.29) is 6.61 Å². The molecule has 0 bridgehead atoms. The molecule has 3 rings (SSSR count). The van der Waals surface area contributed by atoms with E-state index in [0.717, 1.165) is 16.0 Å². The van der Waals surface area contributed by atoms with Gasteiger partial charge in [0.2, 0.25) is 0 Å². The van der Waals surface area contributed by atoms with Gasteiger partial charge in [-0.2, -0.15) is 5.26 Å². The molecule has 0 spiro atoms. The van der Waals surface area contributed by atoms with Gasteiger partial charge in [0, 0.05) is 11.3 Å². The predicted molar refractivity (Wildman–Crippen MR) is 95.8 cm³/mol. The van der Waals surface area contributed by atoms with Gasteiger partial charge in [0.05, 0.1) is 13.2 Å². The Bertz CT molecular complexity index is 826. The number of benzene rings is 1. The summed E-state index contributed by atoms with van der Waals surface area (Å²) in [5, 5.41) is 50.0. The molecule has 1 saturated heterocycles. The number of hydrogen-bond donors (Lipinski definition) is 4. The molecule has 6 nitrogen and oxygen atoms in total. The number of hydrogen-bond acceptors (Lipinski definition) is 7. The molecule has 2 aromatic rings. The molecule has 0 aliphatic carbocycles. The minimum absolute atomic E-state index is 0.153. The van der Waals surface area contributed by atoms with Crippen LogP contribution >= 0.6 is 11.3 Å². The van der Waals surface area contributed by atoms with E-state index in [1.807, 2.05) is 19.1 Å². The largest absolute Gasteiger partial charge is 0.394 e. The average molecular weight is 375 g/mol. The average Bonchev–Trinajstić information content (AvgIpc) is 3.09. The lowest BCUT2D eigenvalue weighted by atomic mass is 9.78. The zero-order valence-corrected chi connectivity index (χ0v) is 15.1. The van der Waals surface area contributed by atoms with Gasteiger partial charge >= 0.3 is 0 Å². The van der Waals surface area contributed by atoms with Crippen molar-refractivity contribution in [1.29, 1.82) is 5.26 Å². The Morgan fingerprint density at radius 2 is 2.08 bits per heavy atom. The summed E-state index contributed by atoms with van der Waals surface area (Å²) in [6.45, 7) is 1.30. The first-order valence-electron chi connectivity index (χ1n) is 8.30. The molecule has 0 unspecified atom stereocenters. The van der Waals surface area contributed by atoms with Gasteiger partial charge in [0.25, 0.3) is 0 Å². The smallest absolute Gasteiger partial charge is 0.146 e. The van der Waals surface area contributed by atoms with E-state index in [1.54, 1.807) is 18.2 Å². The van der Waals surface area contributed by atoms with Crippen molar-refractivity contribution >= 4 is 11.3 Å². The fourth-order valence-electron chi connectivity index (χ4n) is 3.30. The van der Waals surface area contributed by atoms with Crippen molar-refractivity contribution in [3.63, 3.8) is 0 Å². The van der Waals surface area contributed by atoms with Crippen LogP contribution in [0.25, 0.3) is 0 Å². The third-order valence-corrected chi connectivity index (χ3v) is 5.88. The van der Waals surface area contributed by atoms with E-state index < -0.39 is 30.5 Å². The molecular weight excluding hydrogens is 354 g/mol. The van der Waals surface area contributed by atoms with Crippen LogP contribution in [0.15, 0.2) is 30.3 Å². The van der Waals surface area contributed by atoms with Crippen molar-refractivity contribution in [1.82, 2.24) is 0 Å². The van der Waals surface area contributed by atoms with Crippen molar-refractivity contribution in [2.75, 3.05) is 13.2 Å². The molecule has 4 N–H and O–H groups in total. The van der Waals surface area contributed by atoms with E-state index in [9.17, 15) is 20.4 Å². The van der Waals surface area contributed by atoms with Gasteiger partial charge in [0.1, 0.15) is 34.9 Å². The lowest BCUT2D eigenvalue weighted by Gasteiger charge is -2.45. The van der Waals surface area contributed by atoms with Crippen molar-refractivity contribution < 1.29 is 25.2 Å². The van der Waals surface area contributed by atoms with Crippen LogP contribution in [0.4, 0.5) is 0 Å². The molecule has 2 heterocycles. The molecule has 26 heavy (non-hydrogen) atoms. The number of aliphatic hydroxyl groups excluding tert-OH is 3. The highest BCUT2D eigenvalue weighted by Gasteiger charge is 2.52. The van der Waals surface area contributed by atoms with E-state index in [4.69, 9.17) is 10.00 Å². The SMILES string of the molecule is Cc1ccc([C@@]2(O)[C@H](O)[C@@H](O)CO[C@@H]2CO)cc1Cc1ccc(C#N)s1. The van der Waals surface area contributed by atoms with E-state index in [1.165, 1.54) is 11.3 Å². The molecular formula is C19H21NO5S. The maximum atomic E-state index is 11.1. The van der Waals surface area contributed by atoms with Crippen LogP contribution in [0.1, 0.15) is 26.4 Å². The Morgan fingerprint density at radius 1 is 1.31 bits per heavy atom. The number of ether oxygens (including phenoxy) is 1. The third kappa shape index (κ3) is 3.28. The standard InChI is InChI=1S/C19H21NO5S/c1-11-2-3-13(6-12(11)7-14-4-5-15(8-20)26-14)19(24)17(9-21)25-10-16(22)18(19)23/h2-6,16-18,21-24H,7,9-10H2,1H3/t16-,17+,18+,19-/m0/s1. The predicted octanol–water partition coefficient (Wildman–Crippen LogP) is 0.819. The maximum absolute atomic E-state index is 11.1. The Labute approximate surface area is 155 Å². The molecule has 138 valence electrons. The Kier molecular flexibility index (Phi) is 5.44. The van der Waals surface area contributed by atoms with Gasteiger partial charge in [-0.3, -0.25) is 0 Å². The molecule has 0 radical (unpaired) electrons. The Hall–Kier alpha value is -1.79. The van der Waals surface area contributed by atoms with Gasteiger partial charge in [-0.1, -0.05) is 18.2 Å². The first-order chi connectivity index (χ1) is 12.4. The topological polar surface area (TPSA) is 114 Å². The molecule has 1 aliphatic rings. The first-order valence-corrected chi connectivity index (χ1v) is 9.11. The minimum Gasteiger partial charge on any atom is -0.394 e. The Morgan fingerprint density at radius 3 is 2.73 bits per heavy atom. The number of thiophene rings is 1. The monoisotopic (exact) mass is 375 g/mol. The van der Waals surface area contributed by atoms with Gasteiger partial charge in [-0.05, 0) is 35.7 Å². The second-order valence-corrected chi connectivity index (χ2v) is 7.71. The van der Waals surface area contributed by atoms with Gasteiger partial charge in [-0.25, -0.2) is 0 Å². The van der Waals surface area contributed by atoms with Crippen LogP contribution < -0.4 is 0 Å². The summed E-state index contributed by atoms with van der Waals surface area (Å²) < 4.78 is 5.34. The van der Waals surface area contributed by atoms with Crippen molar-refractivity contribution in [3.8, 4) is 6.07 Å². The highest BCUT2D eigenvalue weighted by molar-refractivity contribution is 7.12. The van der Waals surface area contributed by atoms with Crippen molar-refractivity contribution in [2.24, 2.45) is 0 Å². The summed E-state index contributed by atoms with van der Waals surface area (Å²) in [6.07, 6.45) is -3.19. The van der Waals surface area contributed by atoms with Crippen molar-refractivity contribution in [2.45, 2.75) is 37.3 Å². The molecule has 7 heteroatoms. The summed E-state index contributed by atoms with van der Waals surface area (Å²) in [4.78, 5) is 1.64. The van der Waals surface area contributed by atoms with Gasteiger partial charge in [-0.15, -0.1) is 11.3 Å². The van der Waals surface area contributed by atoms with Crippen LogP contribution in [-0.4, -0.2) is 52.0 Å². The molecule has 1 fully saturated rings. The molecule has 1 aromatic heterocycles. The summed E-state index contributed by atoms with van der Waals surface area (Å²) >= 11 is 1.41. The van der Waals surface area contributed by atoms with Gasteiger partial charge in [0.15, 0.2) is 0 Å². The van der Waals surface area contributed by atoms with Crippen LogP contribution in [0.2, 0.25) is 0 Å². The van der Waals surface area contributed by atoms with E-state index in [2.05, 4.69) is 6.07 Å². The normalized spacial score (nSPS) is 28.7. The third-order valence-electron chi connectivity index (χ3n) is 4.89. The molecule has 4 atom stereocenters. The number of aryl methyl sites for hydroxylation is 1. The second-order valence-electron chi connectivity index (χ2n) is 6.54. The van der Waals surface area contributed by atoms with Crippen LogP contribution in [0.5, 0.6) is 0 Å². The first kappa shape index (κ1) is 19.0. The summed E-state index contributed by atoms with van der Waals surface area (Å²) in [5.74, 6) is 0. The summed E-state index contributed by atoms with van der Waals surface area (Å²) in [5.41, 5.74) is 0.380. The lowest BCUT2D eigenvalue weighted by Crippen LogP contribution is -2.61. The minimum atomic E-state index is -1.91. The van der Waals surface area contributed by atoms with Crippen LogP contribution in [0.3, 0.4) is 0 Å². The van der Waals surface area contributed by atoms with Crippen LogP contribution in [0, 0.1) is 18.3 Å². The van der Waals surface area contributed by atoms with Gasteiger partial charge < -0.3 is 25.2 Å². The summed E-state index contributed by atoms with van der Waals surface area (Å²) in [6, 6.07) is 11.0. The highest BCUT2D eigenvalue weighted by Crippen LogP contribution is 2.37. The molecule has 0 saturated carbocycles. The zero-order chi connectivity index (χ0) is 18.9. The van der Waals surface area contributed by atoms with E-state index in [0.29, 0.717) is 16.9 Å². The number of nitrogens with zero attached hydrogens (tertiary/aromatic N) is 1. The van der Waals surface area contributed by atoms with E-state index >= 15 is 0 Å². The van der Waals surface area contributed by atoms with Crippen LogP contribution in [-0.2, 0) is 16.8 Å². The number of aliphatic hydroxyl groups is 4. The lowest BCUT2D eigenvalue weighted by molar-refractivity contribution is -0.255. The maximum Gasteiger partial charge on any atom is 0.146 e. The Balaban J connectivity index is 1.98. The number of nitriles is 1. The molecule has 0 amide bonds. The summed E-state index contributed by atoms with van der Waals surface area (Å²) in [7, 11) is 0. The quantitative estimate of drug-likeness (QED) is 0.629. The van der Waals surface area contributed by atoms with Crippen molar-refractivity contribution in [3.05, 3.63) is 56.8 Å². The molecule has 1 aromatic carbocycles. The molecule has 1 aliphatic heterocycles. The highest BCUT2D eigenvalue weighted by atomic mass is 32.1. The fraction of sp³-hybridized carbons (Fsp3) is 0.421. The zero-order valence-electron chi connectivity index (χ0n) is 14.3.